The van der Waals surface area contributed by atoms with E-state index >= 15 is 0 Å². The van der Waals surface area contributed by atoms with Gasteiger partial charge in [0.1, 0.15) is 5.82 Å². The molecule has 1 fully saturated rings. The van der Waals surface area contributed by atoms with Gasteiger partial charge in [-0.05, 0) is 35.5 Å². The first-order chi connectivity index (χ1) is 11.7. The standard InChI is InChI=1S/C19H22FN3S/c20-18-8-6-16(7-9-18)14-21-19(24)23-12-10-22(11-13-23)15-17-4-2-1-3-5-17/h1-9H,10-15H2,(H,21,24). The predicted molar refractivity (Wildman–Crippen MR) is 99.1 cm³/mol. The van der Waals surface area contributed by atoms with Gasteiger partial charge in [0.05, 0.1) is 0 Å². The molecule has 0 atom stereocenters. The molecule has 1 aliphatic rings. The van der Waals surface area contributed by atoms with Crippen LogP contribution in [0.4, 0.5) is 4.39 Å². The lowest BCUT2D eigenvalue weighted by atomic mass is 10.2. The highest BCUT2D eigenvalue weighted by Crippen LogP contribution is 2.09. The molecule has 3 nitrogen and oxygen atoms in total. The quantitative estimate of drug-likeness (QED) is 0.860. The lowest BCUT2D eigenvalue weighted by Gasteiger charge is -2.36. The van der Waals surface area contributed by atoms with Crippen LogP contribution in [0.15, 0.2) is 54.6 Å². The number of rotatable bonds is 4. The van der Waals surface area contributed by atoms with Gasteiger partial charge >= 0.3 is 0 Å². The number of hydrogen-bond acceptors (Lipinski definition) is 2. The Kier molecular flexibility index (Phi) is 5.77. The lowest BCUT2D eigenvalue weighted by Crippen LogP contribution is -2.51. The first-order valence-electron chi connectivity index (χ1n) is 8.24. The van der Waals surface area contributed by atoms with E-state index in [1.165, 1.54) is 17.7 Å². The molecule has 1 aliphatic heterocycles. The number of thiocarbonyl (C=S) groups is 1. The number of nitrogens with one attached hydrogen (secondary N) is 1. The van der Waals surface area contributed by atoms with E-state index in [0.717, 1.165) is 43.4 Å². The predicted octanol–water partition coefficient (Wildman–Crippen LogP) is 3.02. The number of hydrogen-bond donors (Lipinski definition) is 1. The van der Waals surface area contributed by atoms with Crippen LogP contribution in [0.5, 0.6) is 0 Å². The highest BCUT2D eigenvalue weighted by Gasteiger charge is 2.18. The Morgan fingerprint density at radius 2 is 1.58 bits per heavy atom. The second-order valence-corrected chi connectivity index (χ2v) is 6.42. The summed E-state index contributed by atoms with van der Waals surface area (Å²) in [4.78, 5) is 4.66. The van der Waals surface area contributed by atoms with Crippen molar-refractivity contribution in [3.05, 3.63) is 71.5 Å². The van der Waals surface area contributed by atoms with E-state index in [1.54, 1.807) is 12.1 Å². The van der Waals surface area contributed by atoms with Gasteiger partial charge in [-0.1, -0.05) is 42.5 Å². The van der Waals surface area contributed by atoms with Gasteiger partial charge in [-0.2, -0.15) is 0 Å². The van der Waals surface area contributed by atoms with E-state index in [-0.39, 0.29) is 5.82 Å². The summed E-state index contributed by atoms with van der Waals surface area (Å²) in [6, 6.07) is 17.1. The zero-order valence-corrected chi connectivity index (χ0v) is 14.4. The van der Waals surface area contributed by atoms with Gasteiger partial charge in [-0.15, -0.1) is 0 Å². The van der Waals surface area contributed by atoms with Crippen molar-refractivity contribution in [2.45, 2.75) is 13.1 Å². The summed E-state index contributed by atoms with van der Waals surface area (Å²) in [7, 11) is 0. The smallest absolute Gasteiger partial charge is 0.169 e. The Hall–Kier alpha value is -1.98. The van der Waals surface area contributed by atoms with Crippen molar-refractivity contribution in [3.8, 4) is 0 Å². The average molecular weight is 343 g/mol. The second kappa shape index (κ2) is 8.22. The van der Waals surface area contributed by atoms with Crippen molar-refractivity contribution in [3.63, 3.8) is 0 Å². The average Bonchev–Trinajstić information content (AvgIpc) is 2.62. The Balaban J connectivity index is 1.42. The molecule has 0 unspecified atom stereocenters. The van der Waals surface area contributed by atoms with Crippen LogP contribution in [-0.4, -0.2) is 41.1 Å². The summed E-state index contributed by atoms with van der Waals surface area (Å²) < 4.78 is 12.9. The van der Waals surface area contributed by atoms with E-state index < -0.39 is 0 Å². The van der Waals surface area contributed by atoms with Crippen molar-refractivity contribution in [1.82, 2.24) is 15.1 Å². The molecule has 2 aromatic carbocycles. The molecule has 0 radical (unpaired) electrons. The van der Waals surface area contributed by atoms with E-state index in [2.05, 4.69) is 39.4 Å². The maximum atomic E-state index is 12.9. The molecule has 0 bridgehead atoms. The Bertz CT molecular complexity index is 652. The van der Waals surface area contributed by atoms with Crippen LogP contribution in [0.25, 0.3) is 0 Å². The lowest BCUT2D eigenvalue weighted by molar-refractivity contribution is 0.174. The molecule has 126 valence electrons. The van der Waals surface area contributed by atoms with Crippen LogP contribution < -0.4 is 5.32 Å². The van der Waals surface area contributed by atoms with Gasteiger partial charge in [0, 0.05) is 39.3 Å². The van der Waals surface area contributed by atoms with E-state index in [1.807, 2.05) is 6.07 Å². The molecule has 1 heterocycles. The zero-order chi connectivity index (χ0) is 16.8. The maximum Gasteiger partial charge on any atom is 0.169 e. The van der Waals surface area contributed by atoms with Crippen molar-refractivity contribution in [2.75, 3.05) is 26.2 Å². The van der Waals surface area contributed by atoms with Crippen LogP contribution >= 0.6 is 12.2 Å². The van der Waals surface area contributed by atoms with Gasteiger partial charge < -0.3 is 10.2 Å². The molecule has 0 saturated carbocycles. The molecule has 1 N–H and O–H groups in total. The fourth-order valence-corrected chi connectivity index (χ4v) is 3.10. The van der Waals surface area contributed by atoms with Gasteiger partial charge in [0.25, 0.3) is 0 Å². The molecule has 3 rings (SSSR count). The van der Waals surface area contributed by atoms with E-state index in [4.69, 9.17) is 12.2 Å². The summed E-state index contributed by atoms with van der Waals surface area (Å²) in [6.45, 7) is 5.50. The maximum absolute atomic E-state index is 12.9. The van der Waals surface area contributed by atoms with Crippen LogP contribution in [0.1, 0.15) is 11.1 Å². The highest BCUT2D eigenvalue weighted by molar-refractivity contribution is 7.80. The number of halogens is 1. The number of nitrogens with zero attached hydrogens (tertiary/aromatic N) is 2. The van der Waals surface area contributed by atoms with Gasteiger partial charge in [-0.3, -0.25) is 4.90 Å². The van der Waals surface area contributed by atoms with Crippen LogP contribution in [-0.2, 0) is 13.1 Å². The molecule has 0 aliphatic carbocycles. The second-order valence-electron chi connectivity index (χ2n) is 6.03. The molecular weight excluding hydrogens is 321 g/mol. The molecule has 0 spiro atoms. The topological polar surface area (TPSA) is 18.5 Å². The first-order valence-corrected chi connectivity index (χ1v) is 8.65. The monoisotopic (exact) mass is 343 g/mol. The minimum atomic E-state index is -0.212. The Morgan fingerprint density at radius 1 is 0.917 bits per heavy atom. The third-order valence-electron chi connectivity index (χ3n) is 4.27. The number of piperazine rings is 1. The first kappa shape index (κ1) is 16.9. The number of benzene rings is 2. The van der Waals surface area contributed by atoms with Crippen molar-refractivity contribution in [1.29, 1.82) is 0 Å². The fraction of sp³-hybridized carbons (Fsp3) is 0.316. The summed E-state index contributed by atoms with van der Waals surface area (Å²) >= 11 is 5.49. The van der Waals surface area contributed by atoms with Crippen LogP contribution in [0.3, 0.4) is 0 Å². The Morgan fingerprint density at radius 3 is 2.25 bits per heavy atom. The highest BCUT2D eigenvalue weighted by atomic mass is 32.1. The van der Waals surface area contributed by atoms with Crippen LogP contribution in [0.2, 0.25) is 0 Å². The summed E-state index contributed by atoms with van der Waals surface area (Å²) in [6.07, 6.45) is 0. The Labute approximate surface area is 148 Å². The summed E-state index contributed by atoms with van der Waals surface area (Å²) in [5.74, 6) is -0.212. The minimum absolute atomic E-state index is 0.212. The normalized spacial score (nSPS) is 15.3. The largest absolute Gasteiger partial charge is 0.358 e. The van der Waals surface area contributed by atoms with E-state index in [9.17, 15) is 4.39 Å². The van der Waals surface area contributed by atoms with E-state index in [0.29, 0.717) is 6.54 Å². The molecule has 1 saturated heterocycles. The minimum Gasteiger partial charge on any atom is -0.358 e. The van der Waals surface area contributed by atoms with Gasteiger partial charge in [-0.25, -0.2) is 4.39 Å². The van der Waals surface area contributed by atoms with Crippen molar-refractivity contribution < 1.29 is 4.39 Å². The molecule has 2 aromatic rings. The van der Waals surface area contributed by atoms with Gasteiger partial charge in [0.2, 0.25) is 0 Å². The third kappa shape index (κ3) is 4.76. The third-order valence-corrected chi connectivity index (χ3v) is 4.67. The molecular formula is C19H22FN3S. The van der Waals surface area contributed by atoms with Crippen LogP contribution in [0, 0.1) is 5.82 Å². The molecule has 0 aromatic heterocycles. The molecule has 5 heteroatoms. The van der Waals surface area contributed by atoms with Crippen molar-refractivity contribution in [2.24, 2.45) is 0 Å². The zero-order valence-electron chi connectivity index (χ0n) is 13.6. The molecule has 0 amide bonds. The molecule has 24 heavy (non-hydrogen) atoms. The fourth-order valence-electron chi connectivity index (χ4n) is 2.84. The SMILES string of the molecule is Fc1ccc(CNC(=S)N2CCN(Cc3ccccc3)CC2)cc1. The summed E-state index contributed by atoms with van der Waals surface area (Å²) in [5, 5.41) is 4.05. The van der Waals surface area contributed by atoms with Crippen molar-refractivity contribution >= 4 is 17.3 Å². The summed E-state index contributed by atoms with van der Waals surface area (Å²) in [5.41, 5.74) is 2.38. The van der Waals surface area contributed by atoms with Gasteiger partial charge in [0.15, 0.2) is 5.11 Å².